The van der Waals surface area contributed by atoms with Crippen LogP contribution in [0.2, 0.25) is 18.1 Å². The van der Waals surface area contributed by atoms with Crippen LogP contribution in [0.3, 0.4) is 0 Å². The molecule has 0 spiro atoms. The number of phenolic OH excluding ortho intramolecular Hbond substituents is 1. The highest BCUT2D eigenvalue weighted by atomic mass is 32.1. The normalized spacial score (nSPS) is 17.2. The summed E-state index contributed by atoms with van der Waals surface area (Å²) >= 11 is 2.87. The van der Waals surface area contributed by atoms with E-state index in [4.69, 9.17) is 9.16 Å². The molecule has 4 aromatic heterocycles. The predicted octanol–water partition coefficient (Wildman–Crippen LogP) is 9.88. The van der Waals surface area contributed by atoms with Crippen LogP contribution >= 0.6 is 22.7 Å². The van der Waals surface area contributed by atoms with E-state index in [2.05, 4.69) is 91.1 Å². The number of thiophene rings is 2. The standard InChI is InChI=1S/C47H60N4O6S2Si/c1-46(2,3)60(5,6)57-40(36-21-23-39(52)44-37(36)22-24-43(53)49-44)30-48-25-27-51-31-32(35-13-7-8-14-38(35)51)12-9-26-50(4)33-17-19-34(20-18-33)56-47(45(54)55,41-15-10-28-58-41)42-16-11-29-59-42/h7-8,10-11,13-16,21-24,28-29,31,33-34,40,48,52H,9,12,17-20,25-27,30H2,1-6H3,(H,49,53)(H,54,55)/t33-,34-,40-/m0/s1. The second-order valence-corrected chi connectivity index (χ2v) is 24.4. The van der Waals surface area contributed by atoms with E-state index in [1.165, 1.54) is 45.2 Å². The molecule has 1 fully saturated rings. The number of hydrogen-bond acceptors (Lipinski definition) is 9. The minimum atomic E-state index is -2.19. The van der Waals surface area contributed by atoms with E-state index in [-0.39, 0.29) is 28.6 Å². The fourth-order valence-corrected chi connectivity index (χ4v) is 11.5. The summed E-state index contributed by atoms with van der Waals surface area (Å²) in [5.74, 6) is -0.907. The van der Waals surface area contributed by atoms with Crippen molar-refractivity contribution in [2.24, 2.45) is 0 Å². The first-order chi connectivity index (χ1) is 28.7. The minimum absolute atomic E-state index is 0.00179. The fraction of sp³-hybridized carbons (Fsp3) is 0.447. The van der Waals surface area contributed by atoms with Gasteiger partial charge in [-0.15, -0.1) is 22.7 Å². The Balaban J connectivity index is 0.952. The lowest BCUT2D eigenvalue weighted by atomic mass is 9.90. The van der Waals surface area contributed by atoms with Crippen molar-refractivity contribution in [2.75, 3.05) is 26.7 Å². The molecule has 7 rings (SSSR count). The first-order valence-corrected chi connectivity index (χ1v) is 25.8. The number of phenols is 1. The molecular formula is C47H60N4O6S2Si. The van der Waals surface area contributed by atoms with Crippen molar-refractivity contribution in [2.45, 2.75) is 108 Å². The smallest absolute Gasteiger partial charge is 0.347 e. The SMILES string of the molecule is CN(CCCc1cn(CCNC[C@H](O[Si](C)(C)C(C)(C)C)c2ccc(O)c3[nH]c(=O)ccc23)c2ccccc12)[C@H]1CC[C@H](OC(C(=O)O)(c2cccs2)c2cccs2)CC1. The molecule has 320 valence electrons. The van der Waals surface area contributed by atoms with Crippen molar-refractivity contribution in [1.29, 1.82) is 0 Å². The molecule has 0 saturated heterocycles. The summed E-state index contributed by atoms with van der Waals surface area (Å²) in [7, 11) is 0.0298. The molecule has 0 bridgehead atoms. The van der Waals surface area contributed by atoms with Gasteiger partial charge in [-0.25, -0.2) is 4.79 Å². The van der Waals surface area contributed by atoms with Crippen molar-refractivity contribution < 1.29 is 24.2 Å². The van der Waals surface area contributed by atoms with Gasteiger partial charge in [0.1, 0.15) is 5.75 Å². The second kappa shape index (κ2) is 18.5. The highest BCUT2D eigenvalue weighted by Crippen LogP contribution is 2.43. The van der Waals surface area contributed by atoms with E-state index in [0.717, 1.165) is 78.9 Å². The van der Waals surface area contributed by atoms with Crippen LogP contribution in [0.5, 0.6) is 5.75 Å². The molecule has 0 radical (unpaired) electrons. The van der Waals surface area contributed by atoms with Gasteiger partial charge in [0.05, 0.1) is 27.5 Å². The molecular weight excluding hydrogens is 809 g/mol. The summed E-state index contributed by atoms with van der Waals surface area (Å²) in [4.78, 5) is 31.8. The fourth-order valence-electron chi connectivity index (χ4n) is 8.44. The number of hydrogen-bond donors (Lipinski definition) is 4. The Bertz CT molecular complexity index is 2380. The van der Waals surface area contributed by atoms with Crippen LogP contribution in [-0.2, 0) is 32.5 Å². The molecule has 60 heavy (non-hydrogen) atoms. The molecule has 1 saturated carbocycles. The molecule has 13 heteroatoms. The number of H-pyrrole nitrogens is 1. The van der Waals surface area contributed by atoms with Crippen LogP contribution in [0.25, 0.3) is 21.8 Å². The molecule has 0 aliphatic heterocycles. The topological polar surface area (TPSA) is 129 Å². The maximum absolute atomic E-state index is 12.9. The number of carboxylic acid groups (broad SMARTS) is 1. The van der Waals surface area contributed by atoms with Crippen LogP contribution in [0.1, 0.15) is 79.9 Å². The van der Waals surface area contributed by atoms with Gasteiger partial charge in [0.2, 0.25) is 11.2 Å². The summed E-state index contributed by atoms with van der Waals surface area (Å²) in [6.07, 6.45) is 7.55. The number of nitrogens with zero attached hydrogens (tertiary/aromatic N) is 2. The van der Waals surface area contributed by atoms with Gasteiger partial charge in [-0.3, -0.25) is 4.79 Å². The number of aromatic amines is 1. The van der Waals surface area contributed by atoms with Crippen molar-refractivity contribution in [3.05, 3.63) is 121 Å². The monoisotopic (exact) mass is 868 g/mol. The van der Waals surface area contributed by atoms with Crippen molar-refractivity contribution in [1.82, 2.24) is 19.8 Å². The lowest BCUT2D eigenvalue weighted by Gasteiger charge is -2.39. The van der Waals surface area contributed by atoms with Gasteiger partial charge in [-0.1, -0.05) is 57.2 Å². The van der Waals surface area contributed by atoms with Crippen LogP contribution in [0, 0.1) is 0 Å². The number of nitrogens with one attached hydrogen (secondary N) is 2. The van der Waals surface area contributed by atoms with Gasteiger partial charge in [0.15, 0.2) is 8.32 Å². The van der Waals surface area contributed by atoms with Crippen molar-refractivity contribution in [3.63, 3.8) is 0 Å². The maximum Gasteiger partial charge on any atom is 0.347 e. The number of benzene rings is 2. The number of pyridine rings is 1. The lowest BCUT2D eigenvalue weighted by molar-refractivity contribution is -0.170. The van der Waals surface area contributed by atoms with Crippen LogP contribution in [0.4, 0.5) is 0 Å². The van der Waals surface area contributed by atoms with Crippen LogP contribution in [-0.4, -0.2) is 77.8 Å². The molecule has 2 aromatic carbocycles. The van der Waals surface area contributed by atoms with E-state index in [0.29, 0.717) is 18.1 Å². The molecule has 4 heterocycles. The number of aliphatic carboxylic acids is 1. The number of carboxylic acids is 1. The van der Waals surface area contributed by atoms with Gasteiger partial charge in [-0.05, 0) is 122 Å². The Morgan fingerprint density at radius 3 is 2.32 bits per heavy atom. The summed E-state index contributed by atoms with van der Waals surface area (Å²) in [6.45, 7) is 14.3. The Hall–Kier alpha value is -4.08. The van der Waals surface area contributed by atoms with Crippen molar-refractivity contribution in [3.8, 4) is 5.75 Å². The average Bonchev–Trinajstić information content (AvgIpc) is 4.02. The number of ether oxygens (including phenoxy) is 1. The number of fused-ring (bicyclic) bond motifs is 2. The van der Waals surface area contributed by atoms with E-state index < -0.39 is 19.9 Å². The van der Waals surface area contributed by atoms with E-state index in [1.807, 2.05) is 41.1 Å². The zero-order valence-corrected chi connectivity index (χ0v) is 38.3. The molecule has 0 amide bonds. The van der Waals surface area contributed by atoms with Gasteiger partial charge in [-0.2, -0.15) is 0 Å². The maximum atomic E-state index is 12.9. The number of aryl methyl sites for hydroxylation is 1. The molecule has 10 nitrogen and oxygen atoms in total. The third kappa shape index (κ3) is 9.37. The Kier molecular flexibility index (Phi) is 13.6. The Morgan fingerprint density at radius 1 is 0.967 bits per heavy atom. The largest absolute Gasteiger partial charge is 0.506 e. The number of carbonyl (C=O) groups is 1. The summed E-state index contributed by atoms with van der Waals surface area (Å²) < 4.78 is 16.0. The summed E-state index contributed by atoms with van der Waals surface area (Å²) in [5, 5.41) is 30.8. The molecule has 1 aliphatic carbocycles. The number of aromatic nitrogens is 2. The highest BCUT2D eigenvalue weighted by molar-refractivity contribution is 7.12. The van der Waals surface area contributed by atoms with Gasteiger partial charge in [0.25, 0.3) is 0 Å². The van der Waals surface area contributed by atoms with E-state index in [1.54, 1.807) is 12.1 Å². The summed E-state index contributed by atoms with van der Waals surface area (Å²) in [5.41, 5.74) is 2.24. The highest BCUT2D eigenvalue weighted by Gasteiger charge is 2.48. The first-order valence-electron chi connectivity index (χ1n) is 21.2. The second-order valence-electron chi connectivity index (χ2n) is 17.8. The molecule has 1 atom stereocenters. The minimum Gasteiger partial charge on any atom is -0.506 e. The molecule has 1 aliphatic rings. The number of para-hydroxylation sites is 1. The summed E-state index contributed by atoms with van der Waals surface area (Å²) in [6, 6.07) is 23.5. The van der Waals surface area contributed by atoms with Crippen molar-refractivity contribution >= 4 is 58.8 Å². The quantitative estimate of drug-likeness (QED) is 0.0497. The van der Waals surface area contributed by atoms with Gasteiger partial charge < -0.3 is 39.1 Å². The first kappa shape index (κ1) is 44.0. The van der Waals surface area contributed by atoms with Crippen LogP contribution < -0.4 is 10.9 Å². The van der Waals surface area contributed by atoms with Gasteiger partial charge >= 0.3 is 5.97 Å². The molecule has 0 unspecified atom stereocenters. The van der Waals surface area contributed by atoms with Gasteiger partial charge in [0, 0.05) is 54.2 Å². The third-order valence-corrected chi connectivity index (χ3v) is 19.3. The Morgan fingerprint density at radius 2 is 1.67 bits per heavy atom. The number of aromatic hydroxyl groups is 1. The number of rotatable bonds is 18. The average molecular weight is 869 g/mol. The zero-order valence-electron chi connectivity index (χ0n) is 35.7. The Labute approximate surface area is 362 Å². The van der Waals surface area contributed by atoms with E-state index >= 15 is 0 Å². The van der Waals surface area contributed by atoms with Crippen LogP contribution in [0.15, 0.2) is 94.5 Å². The predicted molar refractivity (Wildman–Crippen MR) is 247 cm³/mol. The molecule has 6 aromatic rings. The third-order valence-electron chi connectivity index (χ3n) is 12.8. The zero-order chi connectivity index (χ0) is 42.7. The van der Waals surface area contributed by atoms with E-state index in [9.17, 15) is 19.8 Å². The lowest BCUT2D eigenvalue weighted by Crippen LogP contribution is -2.44. The molecule has 4 N–H and O–H groups in total.